The molecule has 2 aromatic rings. The zero-order valence-corrected chi connectivity index (χ0v) is 12.3. The molecule has 0 unspecified atom stereocenters. The predicted octanol–water partition coefficient (Wildman–Crippen LogP) is 1.96. The molecule has 0 saturated carbocycles. The molecule has 0 aliphatic carbocycles. The number of hydrogen-bond donors (Lipinski definition) is 1. The van der Waals surface area contributed by atoms with Gasteiger partial charge in [0.05, 0.1) is 0 Å². The van der Waals surface area contributed by atoms with Crippen molar-refractivity contribution in [3.05, 3.63) is 47.5 Å². The fraction of sp³-hybridized carbons (Fsp3) is 0.235. The lowest BCUT2D eigenvalue weighted by molar-refractivity contribution is -0.121. The fourth-order valence-corrected chi connectivity index (χ4v) is 2.69. The molecule has 1 aliphatic heterocycles. The van der Waals surface area contributed by atoms with Crippen LogP contribution in [-0.4, -0.2) is 35.7 Å². The van der Waals surface area contributed by atoms with Gasteiger partial charge in [-0.05, 0) is 23.9 Å². The monoisotopic (exact) mass is 296 g/mol. The van der Waals surface area contributed by atoms with E-state index in [2.05, 4.69) is 5.32 Å². The van der Waals surface area contributed by atoms with Crippen LogP contribution in [0.4, 0.5) is 0 Å². The van der Waals surface area contributed by atoms with Crippen molar-refractivity contribution < 1.29 is 14.4 Å². The molecule has 112 valence electrons. The highest BCUT2D eigenvalue weighted by Gasteiger charge is 2.33. The third kappa shape index (κ3) is 2.24. The van der Waals surface area contributed by atoms with E-state index >= 15 is 0 Å². The normalized spacial score (nSPS) is 13.6. The lowest BCUT2D eigenvalue weighted by Gasteiger charge is -2.26. The van der Waals surface area contributed by atoms with E-state index in [4.69, 9.17) is 0 Å². The molecule has 1 aliphatic rings. The first kappa shape index (κ1) is 14.3. The highest BCUT2D eigenvalue weighted by molar-refractivity contribution is 6.26. The fourth-order valence-electron chi connectivity index (χ4n) is 2.69. The first-order valence-electron chi connectivity index (χ1n) is 7.28. The van der Waals surface area contributed by atoms with E-state index in [9.17, 15) is 14.4 Å². The molecule has 22 heavy (non-hydrogen) atoms. The highest BCUT2D eigenvalue weighted by atomic mass is 16.2. The van der Waals surface area contributed by atoms with Crippen LogP contribution in [0.5, 0.6) is 0 Å². The van der Waals surface area contributed by atoms with Crippen molar-refractivity contribution in [2.45, 2.75) is 13.3 Å². The van der Waals surface area contributed by atoms with Gasteiger partial charge in [-0.1, -0.05) is 31.2 Å². The van der Waals surface area contributed by atoms with E-state index in [1.54, 1.807) is 24.3 Å². The maximum atomic E-state index is 12.5. The number of hydrogen-bond acceptors (Lipinski definition) is 3. The molecule has 2 aromatic carbocycles. The van der Waals surface area contributed by atoms with Crippen LogP contribution in [0.1, 0.15) is 34.1 Å². The number of carbonyl (C=O) groups is 3. The largest absolute Gasteiger partial charge is 0.355 e. The van der Waals surface area contributed by atoms with Crippen molar-refractivity contribution in [1.82, 2.24) is 10.2 Å². The lowest BCUT2D eigenvalue weighted by atomic mass is 9.94. The molecular formula is C17H16N2O3. The van der Waals surface area contributed by atoms with Gasteiger partial charge in [-0.15, -0.1) is 0 Å². The molecule has 0 radical (unpaired) electrons. The Labute approximate surface area is 127 Å². The minimum absolute atomic E-state index is 0.248. The molecule has 0 aromatic heterocycles. The zero-order chi connectivity index (χ0) is 15.7. The zero-order valence-electron chi connectivity index (χ0n) is 12.3. The van der Waals surface area contributed by atoms with Crippen LogP contribution in [0.3, 0.4) is 0 Å². The summed E-state index contributed by atoms with van der Waals surface area (Å²) in [5, 5.41) is 4.21. The van der Waals surface area contributed by atoms with Gasteiger partial charge in [0.2, 0.25) is 5.91 Å². The molecule has 0 saturated heterocycles. The van der Waals surface area contributed by atoms with E-state index in [-0.39, 0.29) is 12.5 Å². The van der Waals surface area contributed by atoms with E-state index in [0.717, 1.165) is 16.7 Å². The van der Waals surface area contributed by atoms with Gasteiger partial charge in [0, 0.05) is 23.1 Å². The summed E-state index contributed by atoms with van der Waals surface area (Å²) < 4.78 is 0. The SMILES string of the molecule is CCCNC(=O)CN1C(=O)c2cccc3cccc(c23)C1=O. The summed E-state index contributed by atoms with van der Waals surface area (Å²) in [5.41, 5.74) is 0.937. The topological polar surface area (TPSA) is 66.5 Å². The average Bonchev–Trinajstić information content (AvgIpc) is 2.54. The maximum Gasteiger partial charge on any atom is 0.261 e. The van der Waals surface area contributed by atoms with Gasteiger partial charge in [-0.3, -0.25) is 19.3 Å². The quantitative estimate of drug-likeness (QED) is 0.877. The van der Waals surface area contributed by atoms with Crippen LogP contribution in [-0.2, 0) is 4.79 Å². The van der Waals surface area contributed by atoms with E-state index in [1.807, 2.05) is 19.1 Å². The standard InChI is InChI=1S/C17H16N2O3/c1-2-9-18-14(20)10-19-16(21)12-7-3-5-11-6-4-8-13(15(11)12)17(19)22/h3-8H,2,9-10H2,1H3,(H,18,20). The van der Waals surface area contributed by atoms with Crippen molar-refractivity contribution in [2.75, 3.05) is 13.1 Å². The number of amides is 3. The summed E-state index contributed by atoms with van der Waals surface area (Å²) in [7, 11) is 0. The molecule has 0 bridgehead atoms. The van der Waals surface area contributed by atoms with E-state index in [0.29, 0.717) is 23.1 Å². The van der Waals surface area contributed by atoms with Crippen molar-refractivity contribution in [3.63, 3.8) is 0 Å². The van der Waals surface area contributed by atoms with Gasteiger partial charge < -0.3 is 5.32 Å². The number of imide groups is 1. The van der Waals surface area contributed by atoms with Gasteiger partial charge in [0.1, 0.15) is 6.54 Å². The van der Waals surface area contributed by atoms with Crippen LogP contribution >= 0.6 is 0 Å². The smallest absolute Gasteiger partial charge is 0.261 e. The van der Waals surface area contributed by atoms with Gasteiger partial charge >= 0.3 is 0 Å². The molecular weight excluding hydrogens is 280 g/mol. The third-order valence-corrected chi connectivity index (χ3v) is 3.73. The minimum Gasteiger partial charge on any atom is -0.355 e. The van der Waals surface area contributed by atoms with Gasteiger partial charge in [-0.25, -0.2) is 0 Å². The molecule has 0 spiro atoms. The molecule has 0 atom stereocenters. The Balaban J connectivity index is 1.99. The van der Waals surface area contributed by atoms with Crippen LogP contribution in [0, 0.1) is 0 Å². The van der Waals surface area contributed by atoms with Gasteiger partial charge in [-0.2, -0.15) is 0 Å². The van der Waals surface area contributed by atoms with Crippen LogP contribution in [0.2, 0.25) is 0 Å². The summed E-state index contributed by atoms with van der Waals surface area (Å²) in [6.45, 7) is 2.22. The van der Waals surface area contributed by atoms with E-state index < -0.39 is 11.8 Å². The summed E-state index contributed by atoms with van der Waals surface area (Å²) in [5.74, 6) is -1.16. The Morgan fingerprint density at radius 2 is 1.64 bits per heavy atom. The highest BCUT2D eigenvalue weighted by Crippen LogP contribution is 2.29. The molecule has 0 fully saturated rings. The van der Waals surface area contributed by atoms with Crippen molar-refractivity contribution in [3.8, 4) is 0 Å². The third-order valence-electron chi connectivity index (χ3n) is 3.73. The second-order valence-corrected chi connectivity index (χ2v) is 5.26. The molecule has 1 heterocycles. The molecule has 5 heteroatoms. The Bertz CT molecular complexity index is 732. The van der Waals surface area contributed by atoms with Crippen molar-refractivity contribution in [2.24, 2.45) is 0 Å². The van der Waals surface area contributed by atoms with Crippen LogP contribution < -0.4 is 5.32 Å². The predicted molar refractivity (Wildman–Crippen MR) is 82.6 cm³/mol. The summed E-state index contributed by atoms with van der Waals surface area (Å²) in [6, 6.07) is 10.7. The average molecular weight is 296 g/mol. The second kappa shape index (κ2) is 5.60. The van der Waals surface area contributed by atoms with E-state index in [1.165, 1.54) is 0 Å². The summed E-state index contributed by atoms with van der Waals surface area (Å²) >= 11 is 0. The minimum atomic E-state index is -0.416. The number of rotatable bonds is 4. The Kier molecular flexibility index (Phi) is 3.63. The first-order valence-corrected chi connectivity index (χ1v) is 7.28. The van der Waals surface area contributed by atoms with Crippen LogP contribution in [0.15, 0.2) is 36.4 Å². The second-order valence-electron chi connectivity index (χ2n) is 5.26. The maximum absolute atomic E-state index is 12.5. The number of nitrogens with zero attached hydrogens (tertiary/aromatic N) is 1. The lowest BCUT2D eigenvalue weighted by Crippen LogP contribution is -2.46. The molecule has 3 rings (SSSR count). The number of nitrogens with one attached hydrogen (secondary N) is 1. The Morgan fingerprint density at radius 3 is 2.18 bits per heavy atom. The van der Waals surface area contributed by atoms with Gasteiger partial charge in [0.25, 0.3) is 11.8 Å². The summed E-state index contributed by atoms with van der Waals surface area (Å²) in [4.78, 5) is 38.0. The van der Waals surface area contributed by atoms with Crippen LogP contribution in [0.25, 0.3) is 10.8 Å². The van der Waals surface area contributed by atoms with Crippen molar-refractivity contribution >= 4 is 28.5 Å². The number of carbonyl (C=O) groups excluding carboxylic acids is 3. The number of benzene rings is 2. The Morgan fingerprint density at radius 1 is 1.05 bits per heavy atom. The molecule has 5 nitrogen and oxygen atoms in total. The van der Waals surface area contributed by atoms with Gasteiger partial charge in [0.15, 0.2) is 0 Å². The summed E-state index contributed by atoms with van der Waals surface area (Å²) in [6.07, 6.45) is 0.801. The van der Waals surface area contributed by atoms with Crippen molar-refractivity contribution in [1.29, 1.82) is 0 Å². The molecule has 3 amide bonds. The first-order chi connectivity index (χ1) is 10.6. The molecule has 1 N–H and O–H groups in total. The Hall–Kier alpha value is -2.69.